The van der Waals surface area contributed by atoms with Crippen LogP contribution in [0.25, 0.3) is 0 Å². The predicted molar refractivity (Wildman–Crippen MR) is 77.5 cm³/mol. The zero-order valence-electron chi connectivity index (χ0n) is 11.4. The average Bonchev–Trinajstić information content (AvgIpc) is 2.56. The van der Waals surface area contributed by atoms with E-state index in [9.17, 15) is 0 Å². The average molecular weight is 246 g/mol. The fourth-order valence-electron chi connectivity index (χ4n) is 5.64. The van der Waals surface area contributed by atoms with Crippen LogP contribution in [-0.4, -0.2) is 0 Å². The third-order valence-electron chi connectivity index (χ3n) is 6.35. The molecule has 4 atom stereocenters. The highest BCUT2D eigenvalue weighted by Gasteiger charge is 2.71. The second-order valence-corrected chi connectivity index (χ2v) is 6.72. The smallest absolute Gasteiger partial charge is 0.0350 e. The quantitative estimate of drug-likeness (QED) is 0.644. The fraction of sp³-hybridized carbons (Fsp3) is 0.368. The van der Waals surface area contributed by atoms with E-state index in [2.05, 4.69) is 62.4 Å². The van der Waals surface area contributed by atoms with E-state index in [-0.39, 0.29) is 0 Å². The molecular formula is C19H18. The van der Waals surface area contributed by atoms with Gasteiger partial charge in [0, 0.05) is 17.3 Å². The van der Waals surface area contributed by atoms with Crippen LogP contribution >= 0.6 is 0 Å². The molecule has 5 rings (SSSR count). The van der Waals surface area contributed by atoms with Crippen LogP contribution in [0.15, 0.2) is 48.5 Å². The summed E-state index contributed by atoms with van der Waals surface area (Å²) in [5.41, 5.74) is 6.88. The third kappa shape index (κ3) is 0.826. The van der Waals surface area contributed by atoms with Gasteiger partial charge in [0.25, 0.3) is 0 Å². The molecule has 3 aliphatic carbocycles. The second-order valence-electron chi connectivity index (χ2n) is 6.72. The summed E-state index contributed by atoms with van der Waals surface area (Å²) in [6, 6.07) is 18.3. The van der Waals surface area contributed by atoms with Gasteiger partial charge in [-0.25, -0.2) is 0 Å². The molecule has 0 aromatic heterocycles. The van der Waals surface area contributed by atoms with Crippen molar-refractivity contribution in [3.8, 4) is 0 Å². The summed E-state index contributed by atoms with van der Waals surface area (Å²) < 4.78 is 0. The minimum Gasteiger partial charge on any atom is -0.0620 e. The van der Waals surface area contributed by atoms with Gasteiger partial charge in [-0.05, 0) is 34.1 Å². The molecule has 0 aliphatic heterocycles. The molecule has 0 bridgehead atoms. The summed E-state index contributed by atoms with van der Waals surface area (Å²) >= 11 is 0. The van der Waals surface area contributed by atoms with Crippen LogP contribution in [0.2, 0.25) is 0 Å². The van der Waals surface area contributed by atoms with E-state index in [1.807, 2.05) is 0 Å². The number of fused-ring (bicyclic) bond motifs is 4. The Labute approximate surface area is 114 Å². The van der Waals surface area contributed by atoms with Gasteiger partial charge in [-0.3, -0.25) is 0 Å². The largest absolute Gasteiger partial charge is 0.0620 e. The highest BCUT2D eigenvalue weighted by molar-refractivity contribution is 5.71. The van der Waals surface area contributed by atoms with E-state index < -0.39 is 0 Å². The topological polar surface area (TPSA) is 0 Å². The van der Waals surface area contributed by atoms with Crippen LogP contribution < -0.4 is 0 Å². The Balaban J connectivity index is 1.85. The molecule has 0 saturated heterocycles. The van der Waals surface area contributed by atoms with Crippen molar-refractivity contribution in [2.45, 2.75) is 31.1 Å². The molecule has 0 N–H and O–H groups in total. The summed E-state index contributed by atoms with van der Waals surface area (Å²) in [5.74, 6) is 3.12. The van der Waals surface area contributed by atoms with Crippen molar-refractivity contribution in [1.82, 2.24) is 0 Å². The van der Waals surface area contributed by atoms with Crippen molar-refractivity contribution in [3.05, 3.63) is 70.8 Å². The molecule has 2 unspecified atom stereocenters. The Hall–Kier alpha value is -1.56. The summed E-state index contributed by atoms with van der Waals surface area (Å²) in [6.07, 6.45) is 0. The molecule has 2 aromatic carbocycles. The van der Waals surface area contributed by atoms with E-state index in [0.29, 0.717) is 5.41 Å². The van der Waals surface area contributed by atoms with Gasteiger partial charge in [-0.1, -0.05) is 62.4 Å². The zero-order chi connectivity index (χ0) is 12.8. The first-order chi connectivity index (χ1) is 9.28. The van der Waals surface area contributed by atoms with Crippen LogP contribution in [0.5, 0.6) is 0 Å². The normalized spacial score (nSPS) is 40.3. The van der Waals surface area contributed by atoms with Crippen molar-refractivity contribution >= 4 is 0 Å². The monoisotopic (exact) mass is 246 g/mol. The molecular weight excluding hydrogens is 228 g/mol. The Morgan fingerprint density at radius 2 is 1.11 bits per heavy atom. The van der Waals surface area contributed by atoms with Gasteiger partial charge >= 0.3 is 0 Å². The fourth-order valence-corrected chi connectivity index (χ4v) is 5.64. The third-order valence-corrected chi connectivity index (χ3v) is 6.35. The molecule has 0 radical (unpaired) electrons. The number of rotatable bonds is 0. The molecule has 19 heavy (non-hydrogen) atoms. The second kappa shape index (κ2) is 2.95. The van der Waals surface area contributed by atoms with Crippen LogP contribution in [0.4, 0.5) is 0 Å². The molecule has 2 aromatic rings. The summed E-state index contributed by atoms with van der Waals surface area (Å²) in [4.78, 5) is 0. The van der Waals surface area contributed by atoms with Gasteiger partial charge in [-0.2, -0.15) is 0 Å². The summed E-state index contributed by atoms with van der Waals surface area (Å²) in [6.45, 7) is 4.93. The Morgan fingerprint density at radius 1 is 0.684 bits per heavy atom. The van der Waals surface area contributed by atoms with Crippen molar-refractivity contribution in [2.24, 2.45) is 11.8 Å². The first-order valence-electron chi connectivity index (χ1n) is 7.46. The molecule has 94 valence electrons. The van der Waals surface area contributed by atoms with Gasteiger partial charge in [0.15, 0.2) is 0 Å². The van der Waals surface area contributed by atoms with E-state index in [0.717, 1.165) is 23.7 Å². The number of benzene rings is 2. The SMILES string of the molecule is C[C@@H]1C2c3ccccc3C23c2ccccc2C3[C@H]1C. The van der Waals surface area contributed by atoms with Gasteiger partial charge in [-0.15, -0.1) is 0 Å². The van der Waals surface area contributed by atoms with Crippen molar-refractivity contribution in [2.75, 3.05) is 0 Å². The summed E-state index contributed by atoms with van der Waals surface area (Å²) in [7, 11) is 0. The summed E-state index contributed by atoms with van der Waals surface area (Å²) in [5, 5.41) is 0. The minimum absolute atomic E-state index is 0.381. The molecule has 0 amide bonds. The number of hydrogen-bond donors (Lipinski definition) is 0. The highest BCUT2D eigenvalue weighted by atomic mass is 14.7. The molecule has 1 fully saturated rings. The Morgan fingerprint density at radius 3 is 1.58 bits per heavy atom. The maximum Gasteiger partial charge on any atom is 0.0350 e. The van der Waals surface area contributed by atoms with Crippen LogP contribution in [0.3, 0.4) is 0 Å². The maximum absolute atomic E-state index is 2.46. The lowest BCUT2D eigenvalue weighted by Crippen LogP contribution is -2.52. The highest BCUT2D eigenvalue weighted by Crippen LogP contribution is 2.78. The van der Waals surface area contributed by atoms with Crippen molar-refractivity contribution in [3.63, 3.8) is 0 Å². The van der Waals surface area contributed by atoms with E-state index in [4.69, 9.17) is 0 Å². The standard InChI is InChI=1S/C19H18/c1-11-12(2)18-14-8-4-6-10-16(14)19(18)15-9-5-3-7-13(15)17(11)19/h3-12,17-18H,1-2H3/t11-,12-,17?,18?,19?/m0/s1. The minimum atomic E-state index is 0.381. The van der Waals surface area contributed by atoms with E-state index >= 15 is 0 Å². The van der Waals surface area contributed by atoms with Gasteiger partial charge in [0.05, 0.1) is 0 Å². The van der Waals surface area contributed by atoms with Gasteiger partial charge in [0.2, 0.25) is 0 Å². The lowest BCUT2D eigenvalue weighted by Gasteiger charge is -2.59. The molecule has 0 heterocycles. The Bertz CT molecular complexity index is 635. The van der Waals surface area contributed by atoms with Crippen molar-refractivity contribution in [1.29, 1.82) is 0 Å². The lowest BCUT2D eigenvalue weighted by molar-refractivity contribution is 0.294. The Kier molecular flexibility index (Phi) is 1.59. The van der Waals surface area contributed by atoms with E-state index in [1.54, 1.807) is 22.3 Å². The maximum atomic E-state index is 2.46. The molecule has 0 nitrogen and oxygen atoms in total. The molecule has 1 saturated carbocycles. The van der Waals surface area contributed by atoms with Gasteiger partial charge < -0.3 is 0 Å². The molecule has 3 aliphatic rings. The molecule has 0 heteroatoms. The van der Waals surface area contributed by atoms with Crippen LogP contribution in [0.1, 0.15) is 47.9 Å². The first-order valence-corrected chi connectivity index (χ1v) is 7.46. The van der Waals surface area contributed by atoms with Gasteiger partial charge in [0.1, 0.15) is 0 Å². The zero-order valence-corrected chi connectivity index (χ0v) is 11.4. The van der Waals surface area contributed by atoms with E-state index in [1.165, 1.54) is 0 Å². The van der Waals surface area contributed by atoms with Crippen LogP contribution in [-0.2, 0) is 5.41 Å². The van der Waals surface area contributed by atoms with Crippen molar-refractivity contribution < 1.29 is 0 Å². The lowest BCUT2D eigenvalue weighted by atomic mass is 9.43. The predicted octanol–water partition coefficient (Wildman–Crippen LogP) is 4.45. The van der Waals surface area contributed by atoms with Crippen LogP contribution in [0, 0.1) is 11.8 Å². The molecule has 1 spiro atoms. The first kappa shape index (κ1) is 10.3. The number of hydrogen-bond acceptors (Lipinski definition) is 0.